The molecule has 168 valence electrons. The van der Waals surface area contributed by atoms with Gasteiger partial charge in [-0.05, 0) is 29.5 Å². The van der Waals surface area contributed by atoms with Crippen molar-refractivity contribution in [2.24, 2.45) is 4.99 Å². The van der Waals surface area contributed by atoms with Crippen LogP contribution in [0, 0.1) is 0 Å². The second-order valence-electron chi connectivity index (χ2n) is 7.82. The van der Waals surface area contributed by atoms with Gasteiger partial charge in [-0.25, -0.2) is 9.79 Å². The van der Waals surface area contributed by atoms with Gasteiger partial charge in [0.15, 0.2) is 0 Å². The maximum atomic E-state index is 13.2. The number of ether oxygens (including phenoxy) is 2. The van der Waals surface area contributed by atoms with E-state index in [9.17, 15) is 9.59 Å². The zero-order chi connectivity index (χ0) is 22.9. The van der Waals surface area contributed by atoms with Crippen molar-refractivity contribution in [2.45, 2.75) is 31.5 Å². The summed E-state index contributed by atoms with van der Waals surface area (Å²) in [7, 11) is 0. The first-order chi connectivity index (χ1) is 16.2. The summed E-state index contributed by atoms with van der Waals surface area (Å²) in [5, 5.41) is 2.72. The van der Waals surface area contributed by atoms with Crippen LogP contribution in [0.4, 0.5) is 4.79 Å². The van der Waals surface area contributed by atoms with Gasteiger partial charge in [0, 0.05) is 0 Å². The number of alkyl carbamates (subject to hydrolysis) is 1. The van der Waals surface area contributed by atoms with Crippen LogP contribution in [0.2, 0.25) is 0 Å². The highest BCUT2D eigenvalue weighted by Gasteiger charge is 2.32. The Bertz CT molecular complexity index is 1080. The first-order valence-corrected chi connectivity index (χ1v) is 11.0. The molecule has 0 aromatic heterocycles. The summed E-state index contributed by atoms with van der Waals surface area (Å²) in [5.74, 6) is -0.300. The molecule has 1 aliphatic heterocycles. The Balaban J connectivity index is 1.43. The minimum Gasteiger partial charge on any atom is -0.473 e. The summed E-state index contributed by atoms with van der Waals surface area (Å²) < 4.78 is 11.0. The van der Waals surface area contributed by atoms with Gasteiger partial charge in [-0.1, -0.05) is 91.0 Å². The molecule has 0 radical (unpaired) electrons. The molecule has 3 aromatic carbocycles. The van der Waals surface area contributed by atoms with Crippen molar-refractivity contribution in [3.8, 4) is 0 Å². The van der Waals surface area contributed by atoms with Crippen LogP contribution < -0.4 is 5.32 Å². The number of ketones is 1. The largest absolute Gasteiger partial charge is 0.473 e. The highest BCUT2D eigenvalue weighted by Crippen LogP contribution is 2.23. The molecule has 1 heterocycles. The fraction of sp³-hybridized carbons (Fsp3) is 0.222. The molecule has 0 fully saturated rings. The number of carbonyl (C=O) groups excluding carboxylic acids is 2. The van der Waals surface area contributed by atoms with Crippen LogP contribution in [0.1, 0.15) is 29.2 Å². The van der Waals surface area contributed by atoms with Crippen LogP contribution in [0.3, 0.4) is 0 Å². The Hall–Kier alpha value is -3.93. The van der Waals surface area contributed by atoms with Crippen molar-refractivity contribution >= 4 is 17.8 Å². The van der Waals surface area contributed by atoms with Crippen LogP contribution in [-0.2, 0) is 27.3 Å². The topological polar surface area (TPSA) is 77.0 Å². The third-order valence-corrected chi connectivity index (χ3v) is 5.43. The zero-order valence-corrected chi connectivity index (χ0v) is 18.2. The van der Waals surface area contributed by atoms with Crippen LogP contribution in [0.15, 0.2) is 96.0 Å². The van der Waals surface area contributed by atoms with Crippen molar-refractivity contribution in [1.82, 2.24) is 5.32 Å². The molecule has 33 heavy (non-hydrogen) atoms. The summed E-state index contributed by atoms with van der Waals surface area (Å²) in [6.45, 7) is 0.425. The highest BCUT2D eigenvalue weighted by atomic mass is 16.5. The Labute approximate surface area is 193 Å². The number of rotatable bonds is 9. The Morgan fingerprint density at radius 3 is 2.18 bits per heavy atom. The van der Waals surface area contributed by atoms with E-state index in [0.717, 1.165) is 16.7 Å². The number of aryl methyl sites for hydroxylation is 1. The third kappa shape index (κ3) is 6.29. The quantitative estimate of drug-likeness (QED) is 0.523. The molecule has 0 spiro atoms. The molecular formula is C27H26N2O4. The van der Waals surface area contributed by atoms with Crippen LogP contribution in [0.5, 0.6) is 0 Å². The van der Waals surface area contributed by atoms with Gasteiger partial charge in [-0.15, -0.1) is 0 Å². The normalized spacial score (nSPS) is 15.8. The van der Waals surface area contributed by atoms with Gasteiger partial charge in [0.05, 0.1) is 0 Å². The van der Waals surface area contributed by atoms with Crippen molar-refractivity contribution in [3.63, 3.8) is 0 Å². The van der Waals surface area contributed by atoms with Crippen LogP contribution in [-0.4, -0.2) is 30.4 Å². The average Bonchev–Trinajstić information content (AvgIpc) is 3.37. The number of nitrogens with zero attached hydrogens (tertiary/aromatic N) is 1. The monoisotopic (exact) mass is 442 g/mol. The van der Waals surface area contributed by atoms with Gasteiger partial charge in [-0.2, -0.15) is 0 Å². The van der Waals surface area contributed by atoms with E-state index in [1.165, 1.54) is 0 Å². The Morgan fingerprint density at radius 2 is 1.52 bits per heavy atom. The van der Waals surface area contributed by atoms with Gasteiger partial charge < -0.3 is 14.8 Å². The predicted octanol–water partition coefficient (Wildman–Crippen LogP) is 4.65. The molecular weight excluding hydrogens is 416 g/mol. The molecule has 6 heteroatoms. The van der Waals surface area contributed by atoms with Crippen LogP contribution in [0.25, 0.3) is 0 Å². The van der Waals surface area contributed by atoms with Crippen molar-refractivity contribution in [2.75, 3.05) is 6.61 Å². The lowest BCUT2D eigenvalue weighted by atomic mass is 10.0. The SMILES string of the molecule is O=C(NC(CCc1ccccc1)C(=O)C1=N[C@@H](c2ccccc2)CO1)OCc1ccccc1. The molecule has 1 amide bonds. The minimum atomic E-state index is -0.804. The lowest BCUT2D eigenvalue weighted by Gasteiger charge is -2.17. The number of amides is 1. The summed E-state index contributed by atoms with van der Waals surface area (Å²) in [6.07, 6.45) is 0.372. The average molecular weight is 443 g/mol. The number of hydrogen-bond acceptors (Lipinski definition) is 5. The van der Waals surface area contributed by atoms with E-state index >= 15 is 0 Å². The molecule has 0 saturated heterocycles. The van der Waals surface area contributed by atoms with Crippen molar-refractivity contribution in [3.05, 3.63) is 108 Å². The van der Waals surface area contributed by atoms with E-state index in [2.05, 4.69) is 10.3 Å². The number of nitrogens with one attached hydrogen (secondary N) is 1. The smallest absolute Gasteiger partial charge is 0.408 e. The van der Waals surface area contributed by atoms with E-state index in [1.807, 2.05) is 91.0 Å². The highest BCUT2D eigenvalue weighted by molar-refractivity contribution is 6.38. The number of benzene rings is 3. The van der Waals surface area contributed by atoms with Gasteiger partial charge in [0.2, 0.25) is 5.78 Å². The molecule has 1 N–H and O–H groups in total. The molecule has 3 aromatic rings. The Kier molecular flexibility index (Phi) is 7.48. The standard InChI is InChI=1S/C27H26N2O4/c30-25(26-28-24(19-32-26)22-14-8-3-9-15-22)23(17-16-20-10-4-1-5-11-20)29-27(31)33-18-21-12-6-2-7-13-21/h1-15,23-24H,16-19H2,(H,29,31)/t23?,24-/m1/s1. The van der Waals surface area contributed by atoms with Gasteiger partial charge in [0.25, 0.3) is 5.90 Å². The predicted molar refractivity (Wildman–Crippen MR) is 126 cm³/mol. The van der Waals surface area contributed by atoms with Crippen molar-refractivity contribution < 1.29 is 19.1 Å². The minimum absolute atomic E-state index is 0.0466. The molecule has 0 bridgehead atoms. The van der Waals surface area contributed by atoms with Gasteiger partial charge >= 0.3 is 6.09 Å². The van der Waals surface area contributed by atoms with E-state index in [-0.39, 0.29) is 24.3 Å². The van der Waals surface area contributed by atoms with Crippen molar-refractivity contribution in [1.29, 1.82) is 0 Å². The molecule has 0 saturated carbocycles. The van der Waals surface area contributed by atoms with Gasteiger partial charge in [0.1, 0.15) is 25.3 Å². The summed E-state index contributed by atoms with van der Waals surface area (Å²) in [4.78, 5) is 30.2. The summed E-state index contributed by atoms with van der Waals surface area (Å²) >= 11 is 0. The van der Waals surface area contributed by atoms with Gasteiger partial charge in [-0.3, -0.25) is 4.79 Å². The van der Waals surface area contributed by atoms with Crippen LogP contribution >= 0.6 is 0 Å². The molecule has 4 rings (SSSR count). The van der Waals surface area contributed by atoms with E-state index in [1.54, 1.807) is 0 Å². The lowest BCUT2D eigenvalue weighted by molar-refractivity contribution is -0.116. The van der Waals surface area contributed by atoms with E-state index in [0.29, 0.717) is 19.4 Å². The molecule has 1 unspecified atom stereocenters. The first kappa shape index (κ1) is 22.3. The number of aliphatic imine (C=N–C) groups is 1. The van der Waals surface area contributed by atoms with E-state index < -0.39 is 12.1 Å². The fourth-order valence-corrected chi connectivity index (χ4v) is 3.64. The second kappa shape index (κ2) is 11.1. The number of Topliss-reactive ketones (excluding diaryl/α,β-unsaturated/α-hetero) is 1. The maximum absolute atomic E-state index is 13.2. The number of carbonyl (C=O) groups is 2. The summed E-state index contributed by atoms with van der Waals surface area (Å²) in [5.41, 5.74) is 2.93. The van der Waals surface area contributed by atoms with E-state index in [4.69, 9.17) is 9.47 Å². The molecule has 2 atom stereocenters. The molecule has 0 aliphatic carbocycles. The lowest BCUT2D eigenvalue weighted by Crippen LogP contribution is -2.44. The fourth-order valence-electron chi connectivity index (χ4n) is 3.64. The maximum Gasteiger partial charge on any atom is 0.408 e. The molecule has 6 nitrogen and oxygen atoms in total. The third-order valence-electron chi connectivity index (χ3n) is 5.43. The Morgan fingerprint density at radius 1 is 0.909 bits per heavy atom. The first-order valence-electron chi connectivity index (χ1n) is 11.0. The summed E-state index contributed by atoms with van der Waals surface area (Å²) in [6, 6.07) is 27.9. The second-order valence-corrected chi connectivity index (χ2v) is 7.82. The number of hydrogen-bond donors (Lipinski definition) is 1. The zero-order valence-electron chi connectivity index (χ0n) is 18.2. The molecule has 1 aliphatic rings.